The second kappa shape index (κ2) is 5.54. The zero-order chi connectivity index (χ0) is 14.8. The van der Waals surface area contributed by atoms with E-state index in [1.807, 2.05) is 22.8 Å². The Kier molecular flexibility index (Phi) is 3.58. The second-order valence-corrected chi connectivity index (χ2v) is 4.89. The molecule has 1 aromatic heterocycles. The van der Waals surface area contributed by atoms with Crippen LogP contribution in [0.2, 0.25) is 0 Å². The minimum absolute atomic E-state index is 0.242. The molecule has 0 aliphatic rings. The molecule has 0 bridgehead atoms. The molecule has 1 heterocycles. The molecule has 0 aliphatic heterocycles. The third-order valence-electron chi connectivity index (χ3n) is 3.42. The van der Waals surface area contributed by atoms with E-state index >= 15 is 0 Å². The van der Waals surface area contributed by atoms with Crippen molar-refractivity contribution in [3.8, 4) is 0 Å². The first kappa shape index (κ1) is 13.6. The highest BCUT2D eigenvalue weighted by Gasteiger charge is 2.12. The van der Waals surface area contributed by atoms with Gasteiger partial charge in [-0.25, -0.2) is 9.37 Å². The van der Waals surface area contributed by atoms with Gasteiger partial charge in [-0.15, -0.1) is 0 Å². The fraction of sp³-hybridized carbons (Fsp3) is 0.188. The molecule has 21 heavy (non-hydrogen) atoms. The lowest BCUT2D eigenvalue weighted by Gasteiger charge is -2.08. The molecule has 0 spiro atoms. The van der Waals surface area contributed by atoms with E-state index in [4.69, 9.17) is 10.5 Å². The number of anilines is 1. The predicted molar refractivity (Wildman–Crippen MR) is 80.4 cm³/mol. The number of nitrogens with zero attached hydrogens (tertiary/aromatic N) is 2. The quantitative estimate of drug-likeness (QED) is 0.750. The van der Waals surface area contributed by atoms with Gasteiger partial charge in [0.15, 0.2) is 0 Å². The lowest BCUT2D eigenvalue weighted by Crippen LogP contribution is -2.06. The predicted octanol–water partition coefficient (Wildman–Crippen LogP) is 2.95. The Hall–Kier alpha value is -2.40. The van der Waals surface area contributed by atoms with Crippen LogP contribution in [0, 0.1) is 5.82 Å². The standard InChI is InChI=1S/C16H16FN3O/c1-21-10-20-14-4-2-3-13(18)16(14)19-15(20)9-11-5-7-12(17)8-6-11/h2-8H,9-10,18H2,1H3. The molecule has 2 aromatic carbocycles. The van der Waals surface area contributed by atoms with Gasteiger partial charge in [-0.2, -0.15) is 0 Å². The molecule has 2 N–H and O–H groups in total. The van der Waals surface area contributed by atoms with Gasteiger partial charge in [-0.05, 0) is 29.8 Å². The van der Waals surface area contributed by atoms with Crippen molar-refractivity contribution in [2.24, 2.45) is 0 Å². The molecular formula is C16H16FN3O. The number of fused-ring (bicyclic) bond motifs is 1. The molecule has 0 saturated heterocycles. The lowest BCUT2D eigenvalue weighted by molar-refractivity contribution is 0.132. The fourth-order valence-electron chi connectivity index (χ4n) is 2.41. The fourth-order valence-corrected chi connectivity index (χ4v) is 2.41. The number of halogens is 1. The molecule has 3 rings (SSSR count). The average Bonchev–Trinajstić information content (AvgIpc) is 2.82. The van der Waals surface area contributed by atoms with Crippen molar-refractivity contribution in [3.63, 3.8) is 0 Å². The second-order valence-electron chi connectivity index (χ2n) is 4.89. The molecule has 3 aromatic rings. The maximum absolute atomic E-state index is 13.0. The summed E-state index contributed by atoms with van der Waals surface area (Å²) >= 11 is 0. The Bertz CT molecular complexity index is 765. The van der Waals surface area contributed by atoms with Gasteiger partial charge in [0.05, 0.1) is 11.2 Å². The molecule has 0 unspecified atom stereocenters. The van der Waals surface area contributed by atoms with Crippen molar-refractivity contribution in [2.45, 2.75) is 13.2 Å². The Morgan fingerprint density at radius 1 is 1.19 bits per heavy atom. The first-order chi connectivity index (χ1) is 10.2. The summed E-state index contributed by atoms with van der Waals surface area (Å²) in [7, 11) is 1.64. The van der Waals surface area contributed by atoms with Gasteiger partial charge < -0.3 is 15.0 Å². The van der Waals surface area contributed by atoms with Crippen molar-refractivity contribution in [3.05, 3.63) is 59.7 Å². The van der Waals surface area contributed by atoms with E-state index in [1.165, 1.54) is 12.1 Å². The van der Waals surface area contributed by atoms with Crippen LogP contribution in [0.5, 0.6) is 0 Å². The van der Waals surface area contributed by atoms with E-state index < -0.39 is 0 Å². The van der Waals surface area contributed by atoms with Gasteiger partial charge in [0, 0.05) is 13.5 Å². The van der Waals surface area contributed by atoms with E-state index in [0.29, 0.717) is 18.8 Å². The van der Waals surface area contributed by atoms with Crippen molar-refractivity contribution in [2.75, 3.05) is 12.8 Å². The Morgan fingerprint density at radius 3 is 2.67 bits per heavy atom. The number of benzene rings is 2. The van der Waals surface area contributed by atoms with Crippen LogP contribution in [0.15, 0.2) is 42.5 Å². The van der Waals surface area contributed by atoms with E-state index in [-0.39, 0.29) is 5.82 Å². The van der Waals surface area contributed by atoms with Crippen molar-refractivity contribution in [1.82, 2.24) is 9.55 Å². The van der Waals surface area contributed by atoms with Gasteiger partial charge in [0.25, 0.3) is 0 Å². The third-order valence-corrected chi connectivity index (χ3v) is 3.42. The van der Waals surface area contributed by atoms with Gasteiger partial charge in [0.1, 0.15) is 23.9 Å². The number of ether oxygens (including phenoxy) is 1. The number of imidazole rings is 1. The van der Waals surface area contributed by atoms with E-state index in [2.05, 4.69) is 4.98 Å². The molecule has 0 atom stereocenters. The number of para-hydroxylation sites is 1. The van der Waals surface area contributed by atoms with Crippen LogP contribution in [0.4, 0.5) is 10.1 Å². The number of nitrogen functional groups attached to an aromatic ring is 1. The summed E-state index contributed by atoms with van der Waals surface area (Å²) in [6.07, 6.45) is 0.595. The summed E-state index contributed by atoms with van der Waals surface area (Å²) < 4.78 is 20.2. The molecule has 0 saturated carbocycles. The largest absolute Gasteiger partial charge is 0.397 e. The number of methoxy groups -OCH3 is 1. The van der Waals surface area contributed by atoms with Crippen LogP contribution in [0.25, 0.3) is 11.0 Å². The first-order valence-electron chi connectivity index (χ1n) is 6.66. The summed E-state index contributed by atoms with van der Waals surface area (Å²) in [5, 5.41) is 0. The number of hydrogen-bond acceptors (Lipinski definition) is 3. The van der Waals surface area contributed by atoms with E-state index in [1.54, 1.807) is 19.2 Å². The topological polar surface area (TPSA) is 53.1 Å². The molecule has 0 amide bonds. The molecule has 0 fully saturated rings. The SMILES string of the molecule is COCn1c(Cc2ccc(F)cc2)nc2c(N)cccc21. The Balaban J connectivity index is 2.06. The lowest BCUT2D eigenvalue weighted by atomic mass is 10.1. The van der Waals surface area contributed by atoms with E-state index in [0.717, 1.165) is 22.4 Å². The van der Waals surface area contributed by atoms with Crippen LogP contribution in [0.3, 0.4) is 0 Å². The maximum Gasteiger partial charge on any atom is 0.124 e. The monoisotopic (exact) mass is 285 g/mol. The first-order valence-corrected chi connectivity index (χ1v) is 6.66. The molecule has 108 valence electrons. The maximum atomic E-state index is 13.0. The molecule has 4 nitrogen and oxygen atoms in total. The number of nitrogens with two attached hydrogens (primary N) is 1. The van der Waals surface area contributed by atoms with E-state index in [9.17, 15) is 4.39 Å². The summed E-state index contributed by atoms with van der Waals surface area (Å²) in [5.41, 5.74) is 9.32. The Labute approximate surface area is 122 Å². The van der Waals surface area contributed by atoms with Crippen molar-refractivity contribution in [1.29, 1.82) is 0 Å². The minimum Gasteiger partial charge on any atom is -0.397 e. The van der Waals surface area contributed by atoms with Gasteiger partial charge in [-0.1, -0.05) is 18.2 Å². The van der Waals surface area contributed by atoms with Gasteiger partial charge in [0.2, 0.25) is 0 Å². The van der Waals surface area contributed by atoms with Crippen LogP contribution in [0.1, 0.15) is 11.4 Å². The normalized spacial score (nSPS) is 11.1. The smallest absolute Gasteiger partial charge is 0.124 e. The van der Waals surface area contributed by atoms with Crippen molar-refractivity contribution < 1.29 is 9.13 Å². The summed E-state index contributed by atoms with van der Waals surface area (Å²) in [5.74, 6) is 0.602. The van der Waals surface area contributed by atoms with Crippen LogP contribution >= 0.6 is 0 Å². The summed E-state index contributed by atoms with van der Waals surface area (Å²) in [6.45, 7) is 0.399. The number of aromatic nitrogens is 2. The zero-order valence-corrected chi connectivity index (χ0v) is 11.7. The van der Waals surface area contributed by atoms with Gasteiger partial charge in [-0.3, -0.25) is 0 Å². The zero-order valence-electron chi connectivity index (χ0n) is 11.7. The van der Waals surface area contributed by atoms with Crippen LogP contribution in [-0.2, 0) is 17.9 Å². The molecule has 0 aliphatic carbocycles. The van der Waals surface area contributed by atoms with Gasteiger partial charge >= 0.3 is 0 Å². The highest BCUT2D eigenvalue weighted by Crippen LogP contribution is 2.23. The molecule has 0 radical (unpaired) electrons. The third kappa shape index (κ3) is 2.60. The van der Waals surface area contributed by atoms with Crippen LogP contribution < -0.4 is 5.73 Å². The number of hydrogen-bond donors (Lipinski definition) is 1. The Morgan fingerprint density at radius 2 is 1.95 bits per heavy atom. The van der Waals surface area contributed by atoms with Crippen molar-refractivity contribution >= 4 is 16.7 Å². The molecular weight excluding hydrogens is 269 g/mol. The summed E-state index contributed by atoms with van der Waals surface area (Å²) in [4.78, 5) is 4.61. The minimum atomic E-state index is -0.242. The molecule has 5 heteroatoms. The summed E-state index contributed by atoms with van der Waals surface area (Å²) in [6, 6.07) is 12.1. The average molecular weight is 285 g/mol. The van der Waals surface area contributed by atoms with Crippen LogP contribution in [-0.4, -0.2) is 16.7 Å². The number of rotatable bonds is 4. The highest BCUT2D eigenvalue weighted by molar-refractivity contribution is 5.87. The highest BCUT2D eigenvalue weighted by atomic mass is 19.1.